The molecule has 1 unspecified atom stereocenters. The van der Waals surface area contributed by atoms with Gasteiger partial charge in [-0.1, -0.05) is 90.0 Å². The van der Waals surface area contributed by atoms with Gasteiger partial charge in [0.25, 0.3) is 0 Å². The number of rotatable bonds is 6. The molecule has 0 bridgehead atoms. The summed E-state index contributed by atoms with van der Waals surface area (Å²) in [5.41, 5.74) is 4.67. The highest BCUT2D eigenvalue weighted by Gasteiger charge is 2.19. The number of hydrogen-bond acceptors (Lipinski definition) is 3. The fraction of sp³-hybridized carbons (Fsp3) is 0.0714. The largest absolute Gasteiger partial charge is 0.249 e. The fourth-order valence-corrected chi connectivity index (χ4v) is 6.19. The van der Waals surface area contributed by atoms with Crippen LogP contribution in [0.15, 0.2) is 118 Å². The summed E-state index contributed by atoms with van der Waals surface area (Å²) in [6.07, 6.45) is 0. The van der Waals surface area contributed by atoms with Gasteiger partial charge in [-0.25, -0.2) is 12.6 Å². The van der Waals surface area contributed by atoms with Gasteiger partial charge in [0.2, 0.25) is 9.84 Å². The van der Waals surface area contributed by atoms with E-state index < -0.39 is 20.6 Å². The summed E-state index contributed by atoms with van der Waals surface area (Å²) in [7, 11) is -5.48. The van der Waals surface area contributed by atoms with E-state index in [1.807, 2.05) is 80.6 Å². The molecule has 0 amide bonds. The minimum Gasteiger partial charge on any atom is -0.249 e. The molecule has 0 fully saturated rings. The van der Waals surface area contributed by atoms with Gasteiger partial charge in [0, 0.05) is 4.90 Å². The highest BCUT2D eigenvalue weighted by Crippen LogP contribution is 2.29. The maximum atomic E-state index is 13.6. The van der Waals surface area contributed by atoms with E-state index in [2.05, 4.69) is 0 Å². The Kier molecular flexibility index (Phi) is 6.72. The van der Waals surface area contributed by atoms with E-state index in [-0.39, 0.29) is 9.80 Å². The van der Waals surface area contributed by atoms with Crippen LogP contribution in [-0.4, -0.2) is 12.6 Å². The molecule has 33 heavy (non-hydrogen) atoms. The summed E-state index contributed by atoms with van der Waals surface area (Å²) < 4.78 is 39.9. The molecule has 0 radical (unpaired) electrons. The zero-order chi connectivity index (χ0) is 23.4. The first kappa shape index (κ1) is 22.9. The summed E-state index contributed by atoms with van der Waals surface area (Å²) in [5.74, 6) is 0. The van der Waals surface area contributed by atoms with Crippen LogP contribution >= 0.6 is 0 Å². The lowest BCUT2D eigenvalue weighted by atomic mass is 10.0. The Bertz CT molecular complexity index is 1400. The first-order valence-electron chi connectivity index (χ1n) is 10.5. The Morgan fingerprint density at radius 2 is 1.18 bits per heavy atom. The highest BCUT2D eigenvalue weighted by atomic mass is 32.2. The lowest BCUT2D eigenvalue weighted by Crippen LogP contribution is -2.03. The summed E-state index contributed by atoms with van der Waals surface area (Å²) in [6, 6.07) is 31.4. The SMILES string of the molecule is Cc1ccc(S(=O)/C(=C/S(=O)(=O)c2ccc(C)cc2)c2ccc(-c3ccccc3)cc2)cc1. The van der Waals surface area contributed by atoms with Crippen LogP contribution in [-0.2, 0) is 20.6 Å². The Labute approximate surface area is 197 Å². The van der Waals surface area contributed by atoms with Gasteiger partial charge < -0.3 is 0 Å². The van der Waals surface area contributed by atoms with Gasteiger partial charge in [-0.05, 0) is 54.8 Å². The molecule has 166 valence electrons. The third-order valence-corrected chi connectivity index (χ3v) is 8.40. The second-order valence-corrected chi connectivity index (χ2v) is 11.1. The summed E-state index contributed by atoms with van der Waals surface area (Å²) >= 11 is 0. The van der Waals surface area contributed by atoms with Crippen LogP contribution in [0.5, 0.6) is 0 Å². The van der Waals surface area contributed by atoms with Crippen LogP contribution in [0.4, 0.5) is 0 Å². The summed E-state index contributed by atoms with van der Waals surface area (Å²) in [6.45, 7) is 3.85. The second kappa shape index (κ2) is 9.69. The molecule has 0 heterocycles. The molecular formula is C28H24O3S2. The van der Waals surface area contributed by atoms with E-state index in [9.17, 15) is 12.6 Å². The first-order chi connectivity index (χ1) is 15.8. The maximum absolute atomic E-state index is 13.6. The zero-order valence-electron chi connectivity index (χ0n) is 18.4. The van der Waals surface area contributed by atoms with Crippen molar-refractivity contribution in [2.24, 2.45) is 0 Å². The van der Waals surface area contributed by atoms with Gasteiger partial charge in [-0.15, -0.1) is 0 Å². The molecule has 1 atom stereocenters. The molecule has 0 saturated heterocycles. The lowest BCUT2D eigenvalue weighted by molar-refractivity contribution is 0.604. The van der Waals surface area contributed by atoms with Crippen molar-refractivity contribution in [2.45, 2.75) is 23.6 Å². The Hall–Kier alpha value is -3.28. The van der Waals surface area contributed by atoms with Crippen LogP contribution in [0.3, 0.4) is 0 Å². The van der Waals surface area contributed by atoms with E-state index in [1.54, 1.807) is 36.4 Å². The predicted octanol–water partition coefficient (Wildman–Crippen LogP) is 6.55. The number of hydrogen-bond donors (Lipinski definition) is 0. The number of aryl methyl sites for hydroxylation is 2. The van der Waals surface area contributed by atoms with Crippen molar-refractivity contribution in [2.75, 3.05) is 0 Å². The molecule has 4 aromatic rings. The van der Waals surface area contributed by atoms with E-state index >= 15 is 0 Å². The molecule has 5 heteroatoms. The van der Waals surface area contributed by atoms with E-state index in [0.717, 1.165) is 27.7 Å². The first-order valence-corrected chi connectivity index (χ1v) is 13.2. The zero-order valence-corrected chi connectivity index (χ0v) is 20.1. The van der Waals surface area contributed by atoms with Gasteiger partial charge in [-0.2, -0.15) is 0 Å². The highest BCUT2D eigenvalue weighted by molar-refractivity contribution is 7.99. The topological polar surface area (TPSA) is 51.2 Å². The van der Waals surface area contributed by atoms with Crippen molar-refractivity contribution in [3.05, 3.63) is 125 Å². The van der Waals surface area contributed by atoms with Crippen molar-refractivity contribution in [3.63, 3.8) is 0 Å². The lowest BCUT2D eigenvalue weighted by Gasteiger charge is -2.11. The van der Waals surface area contributed by atoms with Crippen LogP contribution in [0, 0.1) is 13.8 Å². The minimum absolute atomic E-state index is 0.174. The molecule has 0 N–H and O–H groups in total. The summed E-state index contributed by atoms with van der Waals surface area (Å²) in [4.78, 5) is 0.976. The number of benzene rings is 4. The van der Waals surface area contributed by atoms with Crippen molar-refractivity contribution in [3.8, 4) is 11.1 Å². The molecule has 0 spiro atoms. The minimum atomic E-state index is -3.80. The molecule has 0 aromatic heterocycles. The van der Waals surface area contributed by atoms with Crippen molar-refractivity contribution >= 4 is 25.5 Å². The van der Waals surface area contributed by atoms with E-state index in [0.29, 0.717) is 10.5 Å². The van der Waals surface area contributed by atoms with Crippen LogP contribution in [0.25, 0.3) is 16.0 Å². The molecule has 0 aliphatic carbocycles. The average molecular weight is 473 g/mol. The second-order valence-electron chi connectivity index (χ2n) is 7.87. The molecule has 4 rings (SSSR count). The van der Waals surface area contributed by atoms with Crippen LogP contribution in [0.1, 0.15) is 16.7 Å². The fourth-order valence-electron chi connectivity index (χ4n) is 3.40. The third-order valence-electron chi connectivity index (χ3n) is 5.32. The third kappa shape index (κ3) is 5.38. The van der Waals surface area contributed by atoms with Gasteiger partial charge in [0.1, 0.15) is 0 Å². The standard InChI is InChI=1S/C28H24O3S2/c1-21-8-16-26(17-9-21)32(29)28(20-33(30,31)27-18-10-22(2)11-19-27)25-14-12-24(13-15-25)23-6-4-3-5-7-23/h3-20H,1-2H3/b28-20+. The quantitative estimate of drug-likeness (QED) is 0.320. The normalized spacial score (nSPS) is 13.0. The number of sulfone groups is 1. The van der Waals surface area contributed by atoms with E-state index in [1.165, 1.54) is 0 Å². The maximum Gasteiger partial charge on any atom is 0.201 e. The summed E-state index contributed by atoms with van der Waals surface area (Å²) in [5, 5.41) is 1.14. The van der Waals surface area contributed by atoms with Gasteiger partial charge >= 0.3 is 0 Å². The Morgan fingerprint density at radius 3 is 1.76 bits per heavy atom. The molecule has 0 saturated carbocycles. The van der Waals surface area contributed by atoms with Crippen molar-refractivity contribution < 1.29 is 12.6 Å². The van der Waals surface area contributed by atoms with Gasteiger partial charge in [-0.3, -0.25) is 0 Å². The van der Waals surface area contributed by atoms with Crippen molar-refractivity contribution in [1.82, 2.24) is 0 Å². The Balaban J connectivity index is 1.80. The molecule has 0 aliphatic rings. The molecular weight excluding hydrogens is 448 g/mol. The van der Waals surface area contributed by atoms with E-state index in [4.69, 9.17) is 0 Å². The molecule has 3 nitrogen and oxygen atoms in total. The van der Waals surface area contributed by atoms with Crippen molar-refractivity contribution in [1.29, 1.82) is 0 Å². The van der Waals surface area contributed by atoms with Crippen LogP contribution in [0.2, 0.25) is 0 Å². The van der Waals surface area contributed by atoms with Gasteiger partial charge in [0.05, 0.1) is 26.0 Å². The smallest absolute Gasteiger partial charge is 0.201 e. The molecule has 0 aliphatic heterocycles. The Morgan fingerprint density at radius 1 is 0.667 bits per heavy atom. The van der Waals surface area contributed by atoms with Crippen LogP contribution < -0.4 is 0 Å². The average Bonchev–Trinajstić information content (AvgIpc) is 2.84. The van der Waals surface area contributed by atoms with Gasteiger partial charge in [0.15, 0.2) is 0 Å². The monoisotopic (exact) mass is 472 g/mol. The predicted molar refractivity (Wildman–Crippen MR) is 136 cm³/mol. The molecule has 4 aromatic carbocycles.